The van der Waals surface area contributed by atoms with Crippen molar-refractivity contribution in [1.82, 2.24) is 0 Å². The van der Waals surface area contributed by atoms with Crippen LogP contribution in [-0.4, -0.2) is 0 Å². The number of nitrogens with zero attached hydrogens (tertiary/aromatic N) is 1. The molecule has 0 saturated carbocycles. The molecule has 0 bridgehead atoms. The molecule has 9 aromatic rings. The summed E-state index contributed by atoms with van der Waals surface area (Å²) in [7, 11) is 0. The van der Waals surface area contributed by atoms with Crippen LogP contribution in [0, 0.1) is 0 Å². The van der Waals surface area contributed by atoms with E-state index in [0.29, 0.717) is 5.56 Å². The van der Waals surface area contributed by atoms with Crippen molar-refractivity contribution in [1.29, 1.82) is 0 Å². The third-order valence-corrected chi connectivity index (χ3v) is 9.43. The second kappa shape index (κ2) is 14.3. The Morgan fingerprint density at radius 2 is 0.811 bits per heavy atom. The van der Waals surface area contributed by atoms with Crippen LogP contribution < -0.4 is 4.90 Å². The zero-order chi connectivity index (χ0) is 43.2. The molecule has 0 amide bonds. The van der Waals surface area contributed by atoms with Crippen LogP contribution in [0.25, 0.3) is 66.4 Å². The van der Waals surface area contributed by atoms with E-state index in [1.54, 1.807) is 18.2 Å². The summed E-state index contributed by atoms with van der Waals surface area (Å²) in [5.74, 6) is 0. The van der Waals surface area contributed by atoms with Gasteiger partial charge >= 0.3 is 0 Å². The third kappa shape index (κ3) is 6.65. The molecule has 250 valence electrons. The molecule has 9 aromatic carbocycles. The molecule has 0 N–H and O–H groups in total. The molecule has 0 unspecified atom stereocenters. The van der Waals surface area contributed by atoms with E-state index in [1.165, 1.54) is 4.90 Å². The minimum atomic E-state index is -0.591. The van der Waals surface area contributed by atoms with Crippen LogP contribution in [0.2, 0.25) is 0 Å². The van der Waals surface area contributed by atoms with Gasteiger partial charge in [-0.2, -0.15) is 0 Å². The largest absolute Gasteiger partial charge is 0.311 e. The molecule has 53 heavy (non-hydrogen) atoms. The van der Waals surface area contributed by atoms with Gasteiger partial charge in [0.15, 0.2) is 0 Å². The number of rotatable bonds is 8. The molecule has 0 radical (unpaired) electrons. The zero-order valence-corrected chi connectivity index (χ0v) is 28.6. The van der Waals surface area contributed by atoms with Crippen molar-refractivity contribution >= 4 is 27.8 Å². The standard InChI is InChI=1S/C52H37N/c1-4-14-41(15-5-1)51-34-29-47(37-52(51)42-16-6-2-7-17-42)40-27-32-50(33-28-40)53(48-21-8-3-9-22-48)49-30-25-39(26-31-49)44-19-12-20-45(35-44)46-24-23-38-13-10-11-18-43(38)36-46/h1-37H/i3D,8D,9D,21D,22D,27D,28D,32D,33D. The van der Waals surface area contributed by atoms with Gasteiger partial charge < -0.3 is 4.90 Å². The van der Waals surface area contributed by atoms with Crippen LogP contribution in [0.4, 0.5) is 17.1 Å². The minimum absolute atomic E-state index is 0.0724. The lowest BCUT2D eigenvalue weighted by Gasteiger charge is -2.26. The van der Waals surface area contributed by atoms with Gasteiger partial charge in [0.05, 0.1) is 12.3 Å². The molecule has 0 aliphatic heterocycles. The maximum Gasteiger partial charge on any atom is 0.0645 e. The lowest BCUT2D eigenvalue weighted by Crippen LogP contribution is -2.09. The Hall–Kier alpha value is -6.96. The lowest BCUT2D eigenvalue weighted by molar-refractivity contribution is 1.28. The second-order valence-corrected chi connectivity index (χ2v) is 12.7. The maximum absolute atomic E-state index is 9.48. The van der Waals surface area contributed by atoms with Crippen molar-refractivity contribution in [3.63, 3.8) is 0 Å². The van der Waals surface area contributed by atoms with Crippen LogP contribution in [0.1, 0.15) is 12.3 Å². The topological polar surface area (TPSA) is 3.24 Å². The number of hydrogen-bond donors (Lipinski definition) is 0. The predicted molar refractivity (Wildman–Crippen MR) is 226 cm³/mol. The third-order valence-electron chi connectivity index (χ3n) is 9.43. The van der Waals surface area contributed by atoms with Crippen molar-refractivity contribution in [2.75, 3.05) is 4.90 Å². The van der Waals surface area contributed by atoms with Gasteiger partial charge in [-0.3, -0.25) is 0 Å². The fourth-order valence-electron chi connectivity index (χ4n) is 6.76. The van der Waals surface area contributed by atoms with Gasteiger partial charge in [-0.15, -0.1) is 0 Å². The smallest absolute Gasteiger partial charge is 0.0645 e. The SMILES string of the molecule is [2H]c1c([2H])c([2H])c(N(c2ccc(-c3cccc(-c4ccc5ccccc5c4)c3)cc2)c2c([2H])c([2H])c(-c3ccc(-c4ccccc4)c(-c4ccccc4)c3)c([2H])c2[2H])c([2H])c1[2H]. The Labute approximate surface area is 324 Å². The Bertz CT molecular complexity index is 3110. The molecule has 9 rings (SSSR count). The van der Waals surface area contributed by atoms with E-state index in [2.05, 4.69) is 36.4 Å². The summed E-state index contributed by atoms with van der Waals surface area (Å²) in [6, 6.07) is 50.5. The summed E-state index contributed by atoms with van der Waals surface area (Å²) in [4.78, 5) is 1.26. The van der Waals surface area contributed by atoms with E-state index < -0.39 is 42.3 Å². The van der Waals surface area contributed by atoms with E-state index in [0.717, 1.165) is 55.3 Å². The summed E-state index contributed by atoms with van der Waals surface area (Å²) in [5, 5.41) is 2.28. The van der Waals surface area contributed by atoms with Crippen LogP contribution >= 0.6 is 0 Å². The maximum atomic E-state index is 9.48. The average Bonchev–Trinajstić information content (AvgIpc) is 3.32. The first kappa shape index (κ1) is 23.5. The van der Waals surface area contributed by atoms with Crippen LogP contribution in [0.5, 0.6) is 0 Å². The Kier molecular flexibility index (Phi) is 6.36. The second-order valence-electron chi connectivity index (χ2n) is 12.7. The molecule has 0 spiro atoms. The van der Waals surface area contributed by atoms with Gasteiger partial charge in [-0.1, -0.05) is 170 Å². The predicted octanol–water partition coefficient (Wildman–Crippen LogP) is 14.6. The highest BCUT2D eigenvalue weighted by molar-refractivity contribution is 5.89. The summed E-state index contributed by atoms with van der Waals surface area (Å²) >= 11 is 0. The lowest BCUT2D eigenvalue weighted by atomic mass is 9.91. The number of anilines is 3. The van der Waals surface area contributed by atoms with Gasteiger partial charge in [-0.05, 0) is 121 Å². The number of fused-ring (bicyclic) bond motifs is 1. The highest BCUT2D eigenvalue weighted by Crippen LogP contribution is 2.39. The molecule has 1 heteroatoms. The van der Waals surface area contributed by atoms with Crippen LogP contribution in [0.3, 0.4) is 0 Å². The van der Waals surface area contributed by atoms with E-state index >= 15 is 0 Å². The molecule has 0 aromatic heterocycles. The van der Waals surface area contributed by atoms with Crippen molar-refractivity contribution < 1.29 is 12.3 Å². The fraction of sp³-hybridized carbons (Fsp3) is 0. The minimum Gasteiger partial charge on any atom is -0.311 e. The normalized spacial score (nSPS) is 13.4. The van der Waals surface area contributed by atoms with E-state index in [9.17, 15) is 5.48 Å². The molecule has 0 saturated heterocycles. The molecule has 0 aliphatic rings. The molecular formula is C52H37N. The van der Waals surface area contributed by atoms with Crippen molar-refractivity contribution in [2.45, 2.75) is 0 Å². The molecule has 0 heterocycles. The van der Waals surface area contributed by atoms with Gasteiger partial charge in [0.25, 0.3) is 0 Å². The summed E-state index contributed by atoms with van der Waals surface area (Å²) in [5.41, 5.74) is 7.78. The van der Waals surface area contributed by atoms with E-state index in [4.69, 9.17) is 6.85 Å². The average molecular weight is 685 g/mol. The molecular weight excluding hydrogens is 639 g/mol. The first-order valence-electron chi connectivity index (χ1n) is 21.9. The first-order chi connectivity index (χ1) is 30.0. The van der Waals surface area contributed by atoms with Crippen molar-refractivity contribution in [2.24, 2.45) is 0 Å². The zero-order valence-electron chi connectivity index (χ0n) is 37.6. The number of para-hydroxylation sites is 1. The van der Waals surface area contributed by atoms with E-state index in [1.807, 2.05) is 115 Å². The molecule has 1 nitrogen and oxygen atoms in total. The quantitative estimate of drug-likeness (QED) is 0.154. The van der Waals surface area contributed by atoms with Gasteiger partial charge in [-0.25, -0.2) is 0 Å². The molecule has 0 aliphatic carbocycles. The van der Waals surface area contributed by atoms with Crippen molar-refractivity contribution in [3.05, 3.63) is 224 Å². The van der Waals surface area contributed by atoms with Gasteiger partial charge in [0.1, 0.15) is 0 Å². The van der Waals surface area contributed by atoms with Gasteiger partial charge in [0.2, 0.25) is 0 Å². The molecule has 0 atom stereocenters. The monoisotopic (exact) mass is 684 g/mol. The van der Waals surface area contributed by atoms with Gasteiger partial charge in [0, 0.05) is 17.1 Å². The van der Waals surface area contributed by atoms with Crippen molar-refractivity contribution in [3.8, 4) is 55.6 Å². The fourth-order valence-corrected chi connectivity index (χ4v) is 6.76. The Balaban J connectivity index is 1.19. The van der Waals surface area contributed by atoms with Crippen LogP contribution in [-0.2, 0) is 0 Å². The Morgan fingerprint density at radius 1 is 0.283 bits per heavy atom. The summed E-state index contributed by atoms with van der Waals surface area (Å²) in [6.07, 6.45) is 0. The number of hydrogen-bond acceptors (Lipinski definition) is 1. The van der Waals surface area contributed by atoms with E-state index in [-0.39, 0.29) is 34.7 Å². The highest BCUT2D eigenvalue weighted by Gasteiger charge is 2.15. The Morgan fingerprint density at radius 3 is 1.53 bits per heavy atom. The molecule has 0 fully saturated rings. The first-order valence-corrected chi connectivity index (χ1v) is 17.4. The highest BCUT2D eigenvalue weighted by atomic mass is 15.1. The summed E-state index contributed by atoms with van der Waals surface area (Å²) < 4.78 is 81.2. The van der Waals surface area contributed by atoms with Crippen LogP contribution in [0.15, 0.2) is 224 Å². The summed E-state index contributed by atoms with van der Waals surface area (Å²) in [6.45, 7) is 0. The number of benzene rings is 9.